The highest BCUT2D eigenvalue weighted by atomic mass is 16.6. The molecule has 6 nitrogen and oxygen atoms in total. The number of hydrogen-bond acceptors (Lipinski definition) is 6. The second-order valence-corrected chi connectivity index (χ2v) is 3.37. The summed E-state index contributed by atoms with van der Waals surface area (Å²) in [5.74, 6) is 0. The number of nitriles is 3. The van der Waals surface area contributed by atoms with Crippen molar-refractivity contribution >= 4 is 0 Å². The normalized spacial score (nSPS) is 9.67. The molecule has 0 spiro atoms. The summed E-state index contributed by atoms with van der Waals surface area (Å²) in [6, 6.07) is 5.94. The third kappa shape index (κ3) is 10.9. The average Bonchev–Trinajstić information content (AvgIpc) is 2.39. The van der Waals surface area contributed by atoms with Gasteiger partial charge in [0.2, 0.25) is 0 Å². The van der Waals surface area contributed by atoms with Crippen LogP contribution in [0.5, 0.6) is 0 Å². The van der Waals surface area contributed by atoms with Crippen LogP contribution in [0.4, 0.5) is 0 Å². The summed E-state index contributed by atoms with van der Waals surface area (Å²) in [4.78, 5) is 0. The van der Waals surface area contributed by atoms with Crippen molar-refractivity contribution in [1.82, 2.24) is 0 Å². The van der Waals surface area contributed by atoms with Gasteiger partial charge in [-0.25, -0.2) is 0 Å². The number of rotatable bonds is 11. The Morgan fingerprint density at radius 2 is 1.17 bits per heavy atom. The van der Waals surface area contributed by atoms with Crippen molar-refractivity contribution in [3.8, 4) is 18.2 Å². The highest BCUT2D eigenvalue weighted by Gasteiger charge is 2.09. The first-order valence-electron chi connectivity index (χ1n) is 5.73. The average molecular weight is 251 g/mol. The summed E-state index contributed by atoms with van der Waals surface area (Å²) in [6.07, 6.45) is 0.712. The van der Waals surface area contributed by atoms with E-state index in [4.69, 9.17) is 30.0 Å². The highest BCUT2D eigenvalue weighted by molar-refractivity contribution is 4.70. The largest absolute Gasteiger partial charge is 0.378 e. The minimum absolute atomic E-state index is 0.268. The van der Waals surface area contributed by atoms with Crippen LogP contribution in [-0.4, -0.2) is 39.1 Å². The molecule has 0 radical (unpaired) electrons. The molecule has 0 atom stereocenters. The molecule has 0 bridgehead atoms. The number of hydrogen-bond donors (Lipinski definition) is 0. The van der Waals surface area contributed by atoms with Gasteiger partial charge in [0, 0.05) is 0 Å². The SMILES string of the molecule is N#CCCOCC(COCCC#N)OCCC#N. The minimum Gasteiger partial charge on any atom is -0.378 e. The molecule has 0 saturated heterocycles. The third-order valence-corrected chi connectivity index (χ3v) is 1.89. The molecule has 18 heavy (non-hydrogen) atoms. The maximum atomic E-state index is 8.41. The molecule has 6 heteroatoms. The summed E-state index contributed by atoms with van der Waals surface area (Å²) in [5, 5.41) is 25.1. The van der Waals surface area contributed by atoms with E-state index in [0.717, 1.165) is 0 Å². The van der Waals surface area contributed by atoms with Gasteiger partial charge in [0.15, 0.2) is 0 Å². The van der Waals surface area contributed by atoms with Crippen LogP contribution in [-0.2, 0) is 14.2 Å². The van der Waals surface area contributed by atoms with Crippen LogP contribution in [0, 0.1) is 34.0 Å². The van der Waals surface area contributed by atoms with Crippen LogP contribution >= 0.6 is 0 Å². The topological polar surface area (TPSA) is 99.1 Å². The zero-order valence-corrected chi connectivity index (χ0v) is 10.3. The van der Waals surface area contributed by atoms with Gasteiger partial charge in [-0.1, -0.05) is 0 Å². The molecule has 0 aliphatic carbocycles. The van der Waals surface area contributed by atoms with Crippen molar-refractivity contribution in [1.29, 1.82) is 15.8 Å². The van der Waals surface area contributed by atoms with E-state index in [0.29, 0.717) is 52.3 Å². The maximum absolute atomic E-state index is 8.41. The quantitative estimate of drug-likeness (QED) is 0.511. The van der Waals surface area contributed by atoms with E-state index in [-0.39, 0.29) is 6.10 Å². The van der Waals surface area contributed by atoms with Gasteiger partial charge in [0.25, 0.3) is 0 Å². The first-order chi connectivity index (χ1) is 8.85. The van der Waals surface area contributed by atoms with Gasteiger partial charge in [0.05, 0.1) is 70.5 Å². The molecule has 0 aromatic heterocycles. The minimum atomic E-state index is -0.268. The van der Waals surface area contributed by atoms with E-state index in [1.54, 1.807) is 0 Å². The molecule has 98 valence electrons. The first kappa shape index (κ1) is 16.4. The van der Waals surface area contributed by atoms with Gasteiger partial charge in [-0.3, -0.25) is 0 Å². The first-order valence-corrected chi connectivity index (χ1v) is 5.73. The molecular weight excluding hydrogens is 234 g/mol. The molecule has 0 fully saturated rings. The molecule has 0 amide bonds. The Bertz CT molecular complexity index is 292. The van der Waals surface area contributed by atoms with Crippen LogP contribution in [0.15, 0.2) is 0 Å². The lowest BCUT2D eigenvalue weighted by Gasteiger charge is -2.17. The van der Waals surface area contributed by atoms with Crippen molar-refractivity contribution in [2.45, 2.75) is 25.4 Å². The van der Waals surface area contributed by atoms with Crippen molar-refractivity contribution < 1.29 is 14.2 Å². The fraction of sp³-hybridized carbons (Fsp3) is 0.750. The third-order valence-electron chi connectivity index (χ3n) is 1.89. The second-order valence-electron chi connectivity index (χ2n) is 3.37. The zero-order chi connectivity index (χ0) is 13.5. The van der Waals surface area contributed by atoms with E-state index < -0.39 is 0 Å². The molecule has 0 aliphatic rings. The Morgan fingerprint density at radius 1 is 0.722 bits per heavy atom. The molecular formula is C12H17N3O3. The lowest BCUT2D eigenvalue weighted by Crippen LogP contribution is -2.26. The standard InChI is InChI=1S/C12H17N3O3/c13-4-1-7-16-10-12(18-9-3-6-15)11-17-8-2-5-14/h12H,1-3,7-11H2. The fourth-order valence-electron chi connectivity index (χ4n) is 1.08. The lowest BCUT2D eigenvalue weighted by atomic mass is 10.4. The summed E-state index contributed by atoms with van der Waals surface area (Å²) < 4.78 is 15.9. The molecule has 0 aromatic carbocycles. The van der Waals surface area contributed by atoms with Gasteiger partial charge >= 0.3 is 0 Å². The van der Waals surface area contributed by atoms with E-state index >= 15 is 0 Å². The van der Waals surface area contributed by atoms with Crippen LogP contribution < -0.4 is 0 Å². The highest BCUT2D eigenvalue weighted by Crippen LogP contribution is 1.98. The molecule has 0 unspecified atom stereocenters. The molecule has 0 saturated carbocycles. The van der Waals surface area contributed by atoms with Gasteiger partial charge in [-0.2, -0.15) is 15.8 Å². The predicted octanol–water partition coefficient (Wildman–Crippen LogP) is 1.15. The summed E-state index contributed by atoms with van der Waals surface area (Å²) in [7, 11) is 0. The van der Waals surface area contributed by atoms with Gasteiger partial charge in [-0.15, -0.1) is 0 Å². The second kappa shape index (κ2) is 13.4. The Hall–Kier alpha value is -1.65. The summed E-state index contributed by atoms with van der Waals surface area (Å²) in [5.41, 5.74) is 0. The number of nitrogens with zero attached hydrogens (tertiary/aromatic N) is 3. The predicted molar refractivity (Wildman–Crippen MR) is 62.1 cm³/mol. The fourth-order valence-corrected chi connectivity index (χ4v) is 1.08. The van der Waals surface area contributed by atoms with E-state index in [1.165, 1.54) is 0 Å². The molecule has 0 rings (SSSR count). The van der Waals surface area contributed by atoms with Crippen molar-refractivity contribution in [2.24, 2.45) is 0 Å². The van der Waals surface area contributed by atoms with Gasteiger partial charge in [0.1, 0.15) is 6.10 Å². The van der Waals surface area contributed by atoms with E-state index in [2.05, 4.69) is 0 Å². The van der Waals surface area contributed by atoms with Crippen LogP contribution in [0.3, 0.4) is 0 Å². The monoisotopic (exact) mass is 251 g/mol. The van der Waals surface area contributed by atoms with Gasteiger partial charge in [-0.05, 0) is 0 Å². The Balaban J connectivity index is 3.74. The molecule has 0 aromatic rings. The smallest absolute Gasteiger partial charge is 0.104 e. The van der Waals surface area contributed by atoms with Crippen LogP contribution in [0.1, 0.15) is 19.3 Å². The summed E-state index contributed by atoms with van der Waals surface area (Å²) >= 11 is 0. The summed E-state index contributed by atoms with van der Waals surface area (Å²) in [6.45, 7) is 1.67. The van der Waals surface area contributed by atoms with Gasteiger partial charge < -0.3 is 14.2 Å². The maximum Gasteiger partial charge on any atom is 0.104 e. The molecule has 0 heterocycles. The zero-order valence-electron chi connectivity index (χ0n) is 10.3. The Labute approximate surface area is 107 Å². The molecule has 0 aliphatic heterocycles. The Kier molecular flexibility index (Phi) is 12.2. The van der Waals surface area contributed by atoms with Crippen LogP contribution in [0.2, 0.25) is 0 Å². The number of ether oxygens (including phenoxy) is 3. The van der Waals surface area contributed by atoms with Crippen molar-refractivity contribution in [2.75, 3.05) is 33.0 Å². The van der Waals surface area contributed by atoms with E-state index in [9.17, 15) is 0 Å². The van der Waals surface area contributed by atoms with Crippen molar-refractivity contribution in [3.05, 3.63) is 0 Å². The van der Waals surface area contributed by atoms with Crippen LogP contribution in [0.25, 0.3) is 0 Å². The van der Waals surface area contributed by atoms with Crippen molar-refractivity contribution in [3.63, 3.8) is 0 Å². The Morgan fingerprint density at radius 3 is 1.61 bits per heavy atom. The molecule has 0 N–H and O–H groups in total. The lowest BCUT2D eigenvalue weighted by molar-refractivity contribution is -0.0569. The van der Waals surface area contributed by atoms with E-state index in [1.807, 2.05) is 18.2 Å².